The van der Waals surface area contributed by atoms with Gasteiger partial charge < -0.3 is 10.1 Å². The highest BCUT2D eigenvalue weighted by Gasteiger charge is 2.40. The van der Waals surface area contributed by atoms with Crippen LogP contribution in [0.2, 0.25) is 10.0 Å². The molecule has 1 saturated carbocycles. The van der Waals surface area contributed by atoms with Crippen molar-refractivity contribution in [2.45, 2.75) is 57.3 Å². The van der Waals surface area contributed by atoms with E-state index in [1.807, 2.05) is 36.9 Å². The molecule has 2 heterocycles. The number of fused-ring (bicyclic) bond motifs is 1. The Bertz CT molecular complexity index is 1460. The molecule has 0 radical (unpaired) electrons. The Morgan fingerprint density at radius 2 is 1.95 bits per heavy atom. The number of nitro groups is 1. The van der Waals surface area contributed by atoms with Crippen LogP contribution < -0.4 is 5.32 Å². The van der Waals surface area contributed by atoms with Crippen molar-refractivity contribution in [3.8, 4) is 0 Å². The van der Waals surface area contributed by atoms with Gasteiger partial charge in [-0.3, -0.25) is 14.8 Å². The Morgan fingerprint density at radius 1 is 1.18 bits per heavy atom. The summed E-state index contributed by atoms with van der Waals surface area (Å²) in [5.74, 6) is 0.109. The number of hydrogen-bond donors (Lipinski definition) is 1. The number of nitrogens with one attached hydrogen (secondary N) is 1. The zero-order chi connectivity index (χ0) is 27.7. The molecule has 2 aromatic carbocycles. The van der Waals surface area contributed by atoms with Crippen molar-refractivity contribution < 1.29 is 14.5 Å². The number of anilines is 1. The molecule has 10 heteroatoms. The fourth-order valence-corrected chi connectivity index (χ4v) is 6.06. The normalized spacial score (nSPS) is 17.2. The van der Waals surface area contributed by atoms with E-state index in [1.165, 1.54) is 6.07 Å². The summed E-state index contributed by atoms with van der Waals surface area (Å²) < 4.78 is 7.60. The lowest BCUT2D eigenvalue weighted by Crippen LogP contribution is -2.26. The maximum Gasteiger partial charge on any atom is 0.336 e. The van der Waals surface area contributed by atoms with Crippen LogP contribution in [0.1, 0.15) is 73.2 Å². The summed E-state index contributed by atoms with van der Waals surface area (Å²) in [6.45, 7) is 2.05. The highest BCUT2D eigenvalue weighted by molar-refractivity contribution is 6.42. The standard InChI is InChI=1S/C29H30Cl2N4O4/c1-17-24(29(36)39-14-6-7-18-12-13-22(30)23(31)15-18)25(20-10-5-11-21(16-20)35(37)38)26-27(19-8-3-4-9-19)33-34(2)28(26)32-17/h5,10-13,15-16,19,25,32H,3-4,6-9,14H2,1-2H3. The van der Waals surface area contributed by atoms with Crippen molar-refractivity contribution >= 4 is 40.7 Å². The minimum atomic E-state index is -0.534. The molecule has 8 nitrogen and oxygen atoms in total. The average Bonchev–Trinajstić information content (AvgIpc) is 3.56. The molecule has 1 N–H and O–H groups in total. The van der Waals surface area contributed by atoms with Gasteiger partial charge in [0.1, 0.15) is 5.82 Å². The Morgan fingerprint density at radius 3 is 2.67 bits per heavy atom. The van der Waals surface area contributed by atoms with Gasteiger partial charge in [0.2, 0.25) is 0 Å². The molecule has 1 fully saturated rings. The first-order valence-corrected chi connectivity index (χ1v) is 13.9. The topological polar surface area (TPSA) is 99.3 Å². The SMILES string of the molecule is CC1=C(C(=O)OCCCc2ccc(Cl)c(Cl)c2)C(c2cccc([N+](=O)[O-])c2)c2c(C3CCCC3)nn(C)c2N1. The number of nitrogens with zero attached hydrogens (tertiary/aromatic N) is 3. The van der Waals surface area contributed by atoms with Crippen molar-refractivity contribution in [3.05, 3.63) is 96.3 Å². The van der Waals surface area contributed by atoms with Crippen LogP contribution in [0.15, 0.2) is 53.7 Å². The summed E-state index contributed by atoms with van der Waals surface area (Å²) in [5, 5.41) is 20.9. The summed E-state index contributed by atoms with van der Waals surface area (Å²) in [6, 6.07) is 12.0. The van der Waals surface area contributed by atoms with Gasteiger partial charge in [0, 0.05) is 42.3 Å². The van der Waals surface area contributed by atoms with Crippen molar-refractivity contribution in [1.82, 2.24) is 9.78 Å². The Kier molecular flexibility index (Phi) is 7.96. The van der Waals surface area contributed by atoms with Gasteiger partial charge in [-0.05, 0) is 55.9 Å². The summed E-state index contributed by atoms with van der Waals surface area (Å²) in [7, 11) is 1.88. The number of ether oxygens (including phenoxy) is 1. The number of halogens is 2. The maximum absolute atomic E-state index is 13.7. The molecule has 0 bridgehead atoms. The first-order valence-electron chi connectivity index (χ1n) is 13.1. The number of rotatable bonds is 8. The maximum atomic E-state index is 13.7. The van der Waals surface area contributed by atoms with Crippen molar-refractivity contribution in [2.24, 2.45) is 7.05 Å². The lowest BCUT2D eigenvalue weighted by atomic mass is 9.79. The second-order valence-corrected chi connectivity index (χ2v) is 11.0. The van der Waals surface area contributed by atoms with Gasteiger partial charge in [0.25, 0.3) is 5.69 Å². The van der Waals surface area contributed by atoms with Crippen LogP contribution in [0.5, 0.6) is 0 Å². The largest absolute Gasteiger partial charge is 0.462 e. The molecule has 3 aromatic rings. The first kappa shape index (κ1) is 27.2. The van der Waals surface area contributed by atoms with Crippen LogP contribution in [-0.4, -0.2) is 27.3 Å². The predicted octanol–water partition coefficient (Wildman–Crippen LogP) is 7.30. The number of aromatic nitrogens is 2. The number of aryl methyl sites for hydroxylation is 2. The van der Waals surface area contributed by atoms with E-state index in [1.54, 1.807) is 18.2 Å². The summed E-state index contributed by atoms with van der Waals surface area (Å²) in [4.78, 5) is 24.9. The third-order valence-electron chi connectivity index (χ3n) is 7.60. The quantitative estimate of drug-likeness (QED) is 0.132. The highest BCUT2D eigenvalue weighted by Crippen LogP contribution is 2.48. The molecular weight excluding hydrogens is 539 g/mol. The van der Waals surface area contributed by atoms with E-state index in [2.05, 4.69) is 5.32 Å². The van der Waals surface area contributed by atoms with Crippen molar-refractivity contribution in [2.75, 3.05) is 11.9 Å². The van der Waals surface area contributed by atoms with Gasteiger partial charge in [-0.15, -0.1) is 0 Å². The van der Waals surface area contributed by atoms with Crippen LogP contribution in [0.3, 0.4) is 0 Å². The monoisotopic (exact) mass is 568 g/mol. The number of non-ortho nitro benzene ring substituents is 1. The zero-order valence-electron chi connectivity index (χ0n) is 21.9. The van der Waals surface area contributed by atoms with Crippen molar-refractivity contribution in [1.29, 1.82) is 0 Å². The van der Waals surface area contributed by atoms with E-state index in [4.69, 9.17) is 33.0 Å². The number of carbonyl (C=O) groups is 1. The number of hydrogen-bond acceptors (Lipinski definition) is 6. The van der Waals surface area contributed by atoms with Crippen LogP contribution in [-0.2, 0) is 23.0 Å². The van der Waals surface area contributed by atoms with Crippen LogP contribution in [0.4, 0.5) is 11.5 Å². The summed E-state index contributed by atoms with van der Waals surface area (Å²) in [5.41, 5.74) is 4.60. The van der Waals surface area contributed by atoms with E-state index in [-0.39, 0.29) is 18.2 Å². The molecule has 1 unspecified atom stereocenters. The molecule has 0 saturated heterocycles. The van der Waals surface area contributed by atoms with Crippen LogP contribution in [0.25, 0.3) is 0 Å². The Hall–Kier alpha value is -3.36. The van der Waals surface area contributed by atoms with E-state index in [9.17, 15) is 14.9 Å². The van der Waals surface area contributed by atoms with E-state index in [0.717, 1.165) is 48.3 Å². The van der Waals surface area contributed by atoms with Crippen LogP contribution >= 0.6 is 23.2 Å². The summed E-state index contributed by atoms with van der Waals surface area (Å²) >= 11 is 12.1. The smallest absolute Gasteiger partial charge is 0.336 e. The molecule has 1 aromatic heterocycles. The first-order chi connectivity index (χ1) is 18.7. The van der Waals surface area contributed by atoms with E-state index >= 15 is 0 Å². The third kappa shape index (κ3) is 5.54. The molecule has 5 rings (SSSR count). The molecule has 2 aliphatic rings. The van der Waals surface area contributed by atoms with Crippen molar-refractivity contribution in [3.63, 3.8) is 0 Å². The summed E-state index contributed by atoms with van der Waals surface area (Å²) in [6.07, 6.45) is 5.61. The molecule has 1 atom stereocenters. The Balaban J connectivity index is 1.46. The fourth-order valence-electron chi connectivity index (χ4n) is 5.74. The lowest BCUT2D eigenvalue weighted by molar-refractivity contribution is -0.384. The predicted molar refractivity (Wildman–Crippen MR) is 151 cm³/mol. The average molecular weight is 569 g/mol. The van der Waals surface area contributed by atoms with E-state index in [0.29, 0.717) is 39.7 Å². The van der Waals surface area contributed by atoms with Gasteiger partial charge in [-0.1, -0.05) is 54.2 Å². The minimum absolute atomic E-state index is 0.0223. The third-order valence-corrected chi connectivity index (χ3v) is 8.34. The Labute approximate surface area is 237 Å². The van der Waals surface area contributed by atoms with Gasteiger partial charge >= 0.3 is 5.97 Å². The van der Waals surface area contributed by atoms with Gasteiger partial charge in [0.15, 0.2) is 0 Å². The molecule has 1 aliphatic heterocycles. The molecule has 39 heavy (non-hydrogen) atoms. The van der Waals surface area contributed by atoms with Gasteiger partial charge in [0.05, 0.1) is 32.8 Å². The minimum Gasteiger partial charge on any atom is -0.462 e. The molecule has 1 aliphatic carbocycles. The molecule has 0 amide bonds. The van der Waals surface area contributed by atoms with Gasteiger partial charge in [-0.25, -0.2) is 4.79 Å². The molecular formula is C29H30Cl2N4O4. The number of benzene rings is 2. The van der Waals surface area contributed by atoms with Gasteiger partial charge in [-0.2, -0.15) is 5.10 Å². The number of esters is 1. The molecule has 0 spiro atoms. The van der Waals surface area contributed by atoms with E-state index < -0.39 is 16.8 Å². The molecule has 204 valence electrons. The lowest BCUT2D eigenvalue weighted by Gasteiger charge is -2.29. The number of nitro benzene ring substituents is 1. The van der Waals surface area contributed by atoms with Crippen LogP contribution in [0, 0.1) is 10.1 Å². The number of allylic oxidation sites excluding steroid dienone is 1. The number of carbonyl (C=O) groups excluding carboxylic acids is 1. The second kappa shape index (κ2) is 11.4. The zero-order valence-corrected chi connectivity index (χ0v) is 23.4. The fraction of sp³-hybridized carbons (Fsp3) is 0.379. The highest BCUT2D eigenvalue weighted by atomic mass is 35.5. The second-order valence-electron chi connectivity index (χ2n) is 10.2.